The number of allylic oxidation sites excluding steroid dienone is 4. The van der Waals surface area contributed by atoms with Crippen LogP contribution in [0.4, 0.5) is 0 Å². The van der Waals surface area contributed by atoms with E-state index in [-0.39, 0.29) is 0 Å². The summed E-state index contributed by atoms with van der Waals surface area (Å²) in [7, 11) is 0. The third kappa shape index (κ3) is 9.15. The van der Waals surface area contributed by atoms with Crippen LogP contribution in [0.3, 0.4) is 0 Å². The van der Waals surface area contributed by atoms with Crippen LogP contribution in [0.2, 0.25) is 0 Å². The number of aldehydes is 1. The molecule has 0 bridgehead atoms. The molecule has 0 aromatic carbocycles. The topological polar surface area (TPSA) is 17.1 Å². The van der Waals surface area contributed by atoms with Gasteiger partial charge in [-0.15, -0.1) is 0 Å². The molecule has 1 heteroatoms. The molecule has 68 valence electrons. The predicted octanol–water partition coefficient (Wildman–Crippen LogP) is 3.27. The van der Waals surface area contributed by atoms with Crippen molar-refractivity contribution in [2.45, 2.75) is 39.0 Å². The van der Waals surface area contributed by atoms with E-state index < -0.39 is 0 Å². The van der Waals surface area contributed by atoms with Crippen molar-refractivity contribution in [1.82, 2.24) is 0 Å². The molecule has 1 nitrogen and oxygen atoms in total. The fourth-order valence-electron chi connectivity index (χ4n) is 0.908. The largest absolute Gasteiger partial charge is 0.299 e. The van der Waals surface area contributed by atoms with Crippen LogP contribution < -0.4 is 0 Å². The molecular weight excluding hydrogens is 148 g/mol. The monoisotopic (exact) mass is 166 g/mol. The van der Waals surface area contributed by atoms with Crippen molar-refractivity contribution in [3.63, 3.8) is 0 Å². The van der Waals surface area contributed by atoms with Gasteiger partial charge in [-0.3, -0.25) is 4.79 Å². The van der Waals surface area contributed by atoms with Crippen LogP contribution in [-0.4, -0.2) is 6.29 Å². The molecule has 0 N–H and O–H groups in total. The van der Waals surface area contributed by atoms with Gasteiger partial charge >= 0.3 is 0 Å². The van der Waals surface area contributed by atoms with Crippen LogP contribution in [0.15, 0.2) is 24.3 Å². The molecule has 0 aromatic heterocycles. The molecule has 12 heavy (non-hydrogen) atoms. The van der Waals surface area contributed by atoms with Crippen LogP contribution in [0.5, 0.6) is 0 Å². The van der Waals surface area contributed by atoms with E-state index >= 15 is 0 Å². The number of hydrogen-bond acceptors (Lipinski definition) is 1. The quantitative estimate of drug-likeness (QED) is 0.245. The normalized spacial score (nSPS) is 11.4. The zero-order valence-electron chi connectivity index (χ0n) is 7.83. The summed E-state index contributed by atoms with van der Waals surface area (Å²) in [4.78, 5) is 9.88. The van der Waals surface area contributed by atoms with Crippen molar-refractivity contribution in [3.8, 4) is 0 Å². The molecule has 0 fully saturated rings. The van der Waals surface area contributed by atoms with Gasteiger partial charge in [0.15, 0.2) is 0 Å². The highest BCUT2D eigenvalue weighted by atomic mass is 16.1. The van der Waals surface area contributed by atoms with Gasteiger partial charge in [-0.2, -0.15) is 0 Å². The average Bonchev–Trinajstić information content (AvgIpc) is 2.10. The van der Waals surface area contributed by atoms with E-state index in [9.17, 15) is 4.79 Å². The van der Waals surface area contributed by atoms with Crippen molar-refractivity contribution in [1.29, 1.82) is 0 Å². The molecular formula is C11H18O. The van der Waals surface area contributed by atoms with Crippen molar-refractivity contribution >= 4 is 6.29 Å². The Bertz CT molecular complexity index is 145. The van der Waals surface area contributed by atoms with Gasteiger partial charge in [0, 0.05) is 0 Å². The van der Waals surface area contributed by atoms with E-state index in [4.69, 9.17) is 0 Å². The van der Waals surface area contributed by atoms with Crippen molar-refractivity contribution in [3.05, 3.63) is 24.3 Å². The molecule has 0 atom stereocenters. The minimum absolute atomic E-state index is 0.826. The Morgan fingerprint density at radius 2 is 1.67 bits per heavy atom. The van der Waals surface area contributed by atoms with Gasteiger partial charge in [-0.25, -0.2) is 0 Å². The highest BCUT2D eigenvalue weighted by molar-refractivity contribution is 5.64. The summed E-state index contributed by atoms with van der Waals surface area (Å²) >= 11 is 0. The van der Waals surface area contributed by atoms with Gasteiger partial charge in [0.25, 0.3) is 0 Å². The highest BCUT2D eigenvalue weighted by Crippen LogP contribution is 1.99. The summed E-state index contributed by atoms with van der Waals surface area (Å²) in [5.74, 6) is 0. The zero-order valence-corrected chi connectivity index (χ0v) is 7.83. The van der Waals surface area contributed by atoms with Crippen molar-refractivity contribution < 1.29 is 4.79 Å². The lowest BCUT2D eigenvalue weighted by Gasteiger charge is -1.89. The van der Waals surface area contributed by atoms with Crippen LogP contribution in [0.25, 0.3) is 0 Å². The number of unbranched alkanes of at least 4 members (excludes halogenated alkanes) is 3. The molecule has 0 rings (SSSR count). The minimum atomic E-state index is 0.826. The van der Waals surface area contributed by atoms with Crippen LogP contribution in [0.1, 0.15) is 39.0 Å². The molecule has 0 aliphatic carbocycles. The Labute approximate surface area is 75.2 Å². The van der Waals surface area contributed by atoms with Gasteiger partial charge < -0.3 is 0 Å². The first-order valence-corrected chi connectivity index (χ1v) is 4.67. The summed E-state index contributed by atoms with van der Waals surface area (Å²) in [5, 5.41) is 0. The van der Waals surface area contributed by atoms with Crippen molar-refractivity contribution in [2.24, 2.45) is 0 Å². The Morgan fingerprint density at radius 3 is 2.33 bits per heavy atom. The molecule has 0 heterocycles. The molecule has 0 radical (unpaired) electrons. The Hall–Kier alpha value is -0.850. The third-order valence-electron chi connectivity index (χ3n) is 1.58. The maximum absolute atomic E-state index is 9.88. The van der Waals surface area contributed by atoms with Crippen LogP contribution in [0, 0.1) is 0 Å². The fraction of sp³-hybridized carbons (Fsp3) is 0.545. The summed E-state index contributed by atoms with van der Waals surface area (Å²) in [6.07, 6.45) is 14.4. The van der Waals surface area contributed by atoms with Gasteiger partial charge in [0.05, 0.1) is 0 Å². The molecule has 0 unspecified atom stereocenters. The maximum Gasteiger partial charge on any atom is 0.142 e. The Morgan fingerprint density at radius 1 is 1.00 bits per heavy atom. The fourth-order valence-corrected chi connectivity index (χ4v) is 0.908. The van der Waals surface area contributed by atoms with Gasteiger partial charge in [-0.05, 0) is 31.8 Å². The molecule has 0 spiro atoms. The molecule has 0 saturated carbocycles. The summed E-state index contributed by atoms with van der Waals surface area (Å²) in [6, 6.07) is 0. The van der Waals surface area contributed by atoms with E-state index in [1.54, 1.807) is 6.08 Å². The predicted molar refractivity (Wildman–Crippen MR) is 53.1 cm³/mol. The van der Waals surface area contributed by atoms with E-state index in [0.29, 0.717) is 0 Å². The van der Waals surface area contributed by atoms with Crippen LogP contribution in [-0.2, 0) is 4.79 Å². The standard InChI is InChI=1S/C11H18O/c1-2-3-4-5-6-7-8-9-10-11-12/h4-5,9-11H,2-3,6-8H2,1H3. The van der Waals surface area contributed by atoms with Gasteiger partial charge in [0.2, 0.25) is 0 Å². The lowest BCUT2D eigenvalue weighted by molar-refractivity contribution is -0.104. The highest BCUT2D eigenvalue weighted by Gasteiger charge is 1.79. The molecule has 0 aliphatic heterocycles. The molecule has 0 saturated heterocycles. The first-order chi connectivity index (χ1) is 5.91. The average molecular weight is 166 g/mol. The minimum Gasteiger partial charge on any atom is -0.299 e. The molecule has 0 amide bonds. The van der Waals surface area contributed by atoms with Crippen LogP contribution >= 0.6 is 0 Å². The summed E-state index contributed by atoms with van der Waals surface area (Å²) in [5.41, 5.74) is 0. The third-order valence-corrected chi connectivity index (χ3v) is 1.58. The van der Waals surface area contributed by atoms with Gasteiger partial charge in [0.1, 0.15) is 6.29 Å². The lowest BCUT2D eigenvalue weighted by Crippen LogP contribution is -1.70. The second-order valence-electron chi connectivity index (χ2n) is 2.76. The number of carbonyl (C=O) groups excluding carboxylic acids is 1. The maximum atomic E-state index is 9.88. The molecule has 0 aromatic rings. The van der Waals surface area contributed by atoms with Gasteiger partial charge in [-0.1, -0.05) is 31.6 Å². The number of rotatable bonds is 7. The van der Waals surface area contributed by atoms with Crippen molar-refractivity contribution in [2.75, 3.05) is 0 Å². The number of hydrogen-bond donors (Lipinski definition) is 0. The van der Waals surface area contributed by atoms with E-state index in [1.165, 1.54) is 12.8 Å². The summed E-state index contributed by atoms with van der Waals surface area (Å²) < 4.78 is 0. The lowest BCUT2D eigenvalue weighted by atomic mass is 10.2. The first-order valence-electron chi connectivity index (χ1n) is 4.67. The number of carbonyl (C=O) groups is 1. The molecule has 0 aliphatic rings. The van der Waals surface area contributed by atoms with E-state index in [2.05, 4.69) is 19.1 Å². The Kier molecular flexibility index (Phi) is 9.43. The Balaban J connectivity index is 3.09. The smallest absolute Gasteiger partial charge is 0.142 e. The zero-order chi connectivity index (χ0) is 9.07. The van der Waals surface area contributed by atoms with E-state index in [0.717, 1.165) is 25.5 Å². The second kappa shape index (κ2) is 10.2. The summed E-state index contributed by atoms with van der Waals surface area (Å²) in [6.45, 7) is 2.18. The van der Waals surface area contributed by atoms with E-state index in [1.807, 2.05) is 6.08 Å². The second-order valence-corrected chi connectivity index (χ2v) is 2.76. The SMILES string of the molecule is CCCC=CCCCC=CC=O. The first kappa shape index (κ1) is 11.2.